The molecule has 3 heterocycles. The number of carbonyl (C=O) groups is 1. The van der Waals surface area contributed by atoms with Gasteiger partial charge in [-0.1, -0.05) is 23.4 Å². The Morgan fingerprint density at radius 2 is 1.86 bits per heavy atom. The molecule has 29 heavy (non-hydrogen) atoms. The predicted molar refractivity (Wildman–Crippen MR) is 108 cm³/mol. The van der Waals surface area contributed by atoms with Crippen LogP contribution in [0, 0.1) is 13.8 Å². The predicted octanol–water partition coefficient (Wildman–Crippen LogP) is 3.05. The second-order valence-electron chi connectivity index (χ2n) is 6.60. The SMILES string of the molecule is Cc1nn(-c2ccccc2)c(C)c1-c1noc(N)c1C(=O)NCc1ccncc1. The van der Waals surface area contributed by atoms with Crippen molar-refractivity contribution in [2.24, 2.45) is 0 Å². The number of aryl methyl sites for hydroxylation is 1. The van der Waals surface area contributed by atoms with Crippen molar-refractivity contribution in [1.29, 1.82) is 0 Å². The quantitative estimate of drug-likeness (QED) is 0.543. The van der Waals surface area contributed by atoms with E-state index in [-0.39, 0.29) is 17.4 Å². The number of nitrogens with two attached hydrogens (primary N) is 1. The number of hydrogen-bond donors (Lipinski definition) is 2. The van der Waals surface area contributed by atoms with Gasteiger partial charge in [-0.05, 0) is 43.7 Å². The summed E-state index contributed by atoms with van der Waals surface area (Å²) in [5.74, 6) is -0.389. The van der Waals surface area contributed by atoms with E-state index in [1.54, 1.807) is 12.4 Å². The summed E-state index contributed by atoms with van der Waals surface area (Å²) in [6, 6.07) is 13.4. The van der Waals surface area contributed by atoms with Crippen molar-refractivity contribution >= 4 is 11.8 Å². The summed E-state index contributed by atoms with van der Waals surface area (Å²) in [6.45, 7) is 4.13. The number of benzene rings is 1. The molecule has 3 aromatic heterocycles. The van der Waals surface area contributed by atoms with Crippen molar-refractivity contribution in [3.05, 3.63) is 77.4 Å². The van der Waals surface area contributed by atoms with Gasteiger partial charge in [-0.15, -0.1) is 0 Å². The van der Waals surface area contributed by atoms with Crippen LogP contribution in [0.15, 0.2) is 59.4 Å². The summed E-state index contributed by atoms with van der Waals surface area (Å²) >= 11 is 0. The van der Waals surface area contributed by atoms with E-state index in [0.29, 0.717) is 12.2 Å². The van der Waals surface area contributed by atoms with E-state index in [0.717, 1.165) is 28.2 Å². The molecule has 0 radical (unpaired) electrons. The maximum Gasteiger partial charge on any atom is 0.259 e. The monoisotopic (exact) mass is 388 g/mol. The Labute approximate surface area is 167 Å². The maximum atomic E-state index is 12.9. The van der Waals surface area contributed by atoms with Crippen molar-refractivity contribution < 1.29 is 9.32 Å². The molecule has 1 aromatic carbocycles. The third-order valence-electron chi connectivity index (χ3n) is 4.68. The first kappa shape index (κ1) is 18.4. The lowest BCUT2D eigenvalue weighted by Gasteiger charge is -2.07. The Bertz CT molecular complexity index is 1150. The second kappa shape index (κ2) is 7.59. The van der Waals surface area contributed by atoms with E-state index in [4.69, 9.17) is 10.3 Å². The summed E-state index contributed by atoms with van der Waals surface area (Å²) in [5.41, 5.74) is 10.7. The van der Waals surface area contributed by atoms with Crippen LogP contribution in [-0.2, 0) is 6.54 Å². The number of hydrogen-bond acceptors (Lipinski definition) is 6. The van der Waals surface area contributed by atoms with Crippen LogP contribution < -0.4 is 11.1 Å². The van der Waals surface area contributed by atoms with Crippen LogP contribution >= 0.6 is 0 Å². The number of rotatable bonds is 5. The minimum atomic E-state index is -0.359. The van der Waals surface area contributed by atoms with E-state index in [2.05, 4.69) is 20.6 Å². The van der Waals surface area contributed by atoms with Gasteiger partial charge >= 0.3 is 0 Å². The average molecular weight is 388 g/mol. The number of anilines is 1. The molecule has 0 spiro atoms. The van der Waals surface area contributed by atoms with Gasteiger partial charge in [0.2, 0.25) is 5.88 Å². The topological polar surface area (TPSA) is 112 Å². The molecular weight excluding hydrogens is 368 g/mol. The zero-order chi connectivity index (χ0) is 20.4. The van der Waals surface area contributed by atoms with E-state index < -0.39 is 0 Å². The third-order valence-corrected chi connectivity index (χ3v) is 4.68. The Morgan fingerprint density at radius 1 is 1.14 bits per heavy atom. The number of pyridine rings is 1. The fraction of sp³-hybridized carbons (Fsp3) is 0.143. The normalized spacial score (nSPS) is 10.8. The van der Waals surface area contributed by atoms with Crippen LogP contribution in [0.2, 0.25) is 0 Å². The number of para-hydroxylation sites is 1. The summed E-state index contributed by atoms with van der Waals surface area (Å²) < 4.78 is 6.98. The van der Waals surface area contributed by atoms with E-state index in [1.165, 1.54) is 0 Å². The van der Waals surface area contributed by atoms with Gasteiger partial charge < -0.3 is 15.6 Å². The van der Waals surface area contributed by atoms with E-state index >= 15 is 0 Å². The van der Waals surface area contributed by atoms with Crippen LogP contribution in [0.25, 0.3) is 16.9 Å². The third kappa shape index (κ3) is 3.47. The summed E-state index contributed by atoms with van der Waals surface area (Å²) in [6.07, 6.45) is 3.34. The Balaban J connectivity index is 1.69. The number of nitrogens with zero attached hydrogens (tertiary/aromatic N) is 4. The van der Waals surface area contributed by atoms with Gasteiger partial charge in [0.15, 0.2) is 0 Å². The molecular formula is C21H20N6O2. The lowest BCUT2D eigenvalue weighted by Crippen LogP contribution is -2.24. The van der Waals surface area contributed by atoms with Gasteiger partial charge in [0.25, 0.3) is 5.91 Å². The van der Waals surface area contributed by atoms with Crippen LogP contribution in [0.1, 0.15) is 27.3 Å². The molecule has 0 aliphatic rings. The summed E-state index contributed by atoms with van der Waals surface area (Å²) in [4.78, 5) is 16.8. The molecule has 4 rings (SSSR count). The van der Waals surface area contributed by atoms with Gasteiger partial charge in [0, 0.05) is 24.5 Å². The van der Waals surface area contributed by atoms with Gasteiger partial charge in [-0.25, -0.2) is 4.68 Å². The van der Waals surface area contributed by atoms with Crippen molar-refractivity contribution in [3.8, 4) is 16.9 Å². The molecule has 0 atom stereocenters. The van der Waals surface area contributed by atoms with Crippen LogP contribution in [0.4, 0.5) is 5.88 Å². The van der Waals surface area contributed by atoms with Crippen LogP contribution in [-0.4, -0.2) is 25.8 Å². The summed E-state index contributed by atoms with van der Waals surface area (Å²) in [7, 11) is 0. The minimum absolute atomic E-state index is 0.0292. The Kier molecular flexibility index (Phi) is 4.82. The number of carbonyl (C=O) groups excluding carboxylic acids is 1. The standard InChI is InChI=1S/C21H20N6O2/c1-13-17(14(2)27(25-13)16-6-4-3-5-7-16)19-18(20(22)29-26-19)21(28)24-12-15-8-10-23-11-9-15/h3-11H,12,22H2,1-2H3,(H,24,28). The van der Waals surface area contributed by atoms with Crippen molar-refractivity contribution in [1.82, 2.24) is 25.2 Å². The lowest BCUT2D eigenvalue weighted by molar-refractivity contribution is 0.0952. The first-order valence-corrected chi connectivity index (χ1v) is 9.10. The highest BCUT2D eigenvalue weighted by molar-refractivity contribution is 6.04. The first-order chi connectivity index (χ1) is 14.1. The van der Waals surface area contributed by atoms with Gasteiger partial charge in [-0.2, -0.15) is 5.10 Å². The molecule has 8 nitrogen and oxygen atoms in total. The zero-order valence-corrected chi connectivity index (χ0v) is 16.1. The highest BCUT2D eigenvalue weighted by Gasteiger charge is 2.27. The van der Waals surface area contributed by atoms with Crippen molar-refractivity contribution in [2.75, 3.05) is 5.73 Å². The molecule has 146 valence electrons. The van der Waals surface area contributed by atoms with Gasteiger partial charge in [-0.3, -0.25) is 9.78 Å². The number of nitrogen functional groups attached to an aromatic ring is 1. The molecule has 0 aliphatic heterocycles. The zero-order valence-electron chi connectivity index (χ0n) is 16.1. The molecule has 0 saturated heterocycles. The molecule has 0 bridgehead atoms. The molecule has 0 saturated carbocycles. The van der Waals surface area contributed by atoms with Crippen molar-refractivity contribution in [2.45, 2.75) is 20.4 Å². The molecule has 8 heteroatoms. The smallest absolute Gasteiger partial charge is 0.259 e. The molecule has 0 unspecified atom stereocenters. The second-order valence-corrected chi connectivity index (χ2v) is 6.60. The molecule has 0 fully saturated rings. The van der Waals surface area contributed by atoms with Crippen LogP contribution in [0.3, 0.4) is 0 Å². The fourth-order valence-electron chi connectivity index (χ4n) is 3.27. The molecule has 3 N–H and O–H groups in total. The fourth-order valence-corrected chi connectivity index (χ4v) is 3.27. The largest absolute Gasteiger partial charge is 0.367 e. The maximum absolute atomic E-state index is 12.9. The molecule has 1 amide bonds. The van der Waals surface area contributed by atoms with Gasteiger partial charge in [0.1, 0.15) is 11.3 Å². The Hall–Kier alpha value is -3.94. The number of nitrogens with one attached hydrogen (secondary N) is 1. The molecule has 0 aliphatic carbocycles. The molecule has 4 aromatic rings. The lowest BCUT2D eigenvalue weighted by atomic mass is 10.0. The Morgan fingerprint density at radius 3 is 2.59 bits per heavy atom. The van der Waals surface area contributed by atoms with E-state index in [9.17, 15) is 4.79 Å². The highest BCUT2D eigenvalue weighted by Crippen LogP contribution is 2.33. The van der Waals surface area contributed by atoms with Crippen LogP contribution in [0.5, 0.6) is 0 Å². The minimum Gasteiger partial charge on any atom is -0.367 e. The van der Waals surface area contributed by atoms with Crippen molar-refractivity contribution in [3.63, 3.8) is 0 Å². The summed E-state index contributed by atoms with van der Waals surface area (Å²) in [5, 5.41) is 11.5. The average Bonchev–Trinajstić information content (AvgIpc) is 3.26. The number of amides is 1. The first-order valence-electron chi connectivity index (χ1n) is 9.10. The van der Waals surface area contributed by atoms with Gasteiger partial charge in [0.05, 0.1) is 17.1 Å². The highest BCUT2D eigenvalue weighted by atomic mass is 16.5. The van der Waals surface area contributed by atoms with E-state index in [1.807, 2.05) is 61.0 Å². The number of aromatic nitrogens is 4.